The Bertz CT molecular complexity index is 722. The largest absolute Gasteiger partial charge is 0.354 e. The van der Waals surface area contributed by atoms with E-state index in [1.165, 1.54) is 0 Å². The first-order chi connectivity index (χ1) is 12.9. The Labute approximate surface area is 158 Å². The molecule has 0 bridgehead atoms. The molecule has 0 radical (unpaired) electrons. The van der Waals surface area contributed by atoms with Crippen LogP contribution in [0.25, 0.3) is 0 Å². The highest BCUT2D eigenvalue weighted by molar-refractivity contribution is 6.09. The van der Waals surface area contributed by atoms with Gasteiger partial charge in [-0.1, -0.05) is 44.2 Å². The Morgan fingerprint density at radius 1 is 1.19 bits per heavy atom. The second-order valence-electron chi connectivity index (χ2n) is 6.53. The highest BCUT2D eigenvalue weighted by Gasteiger charge is 2.51. The number of amides is 5. The summed E-state index contributed by atoms with van der Waals surface area (Å²) in [5, 5.41) is 7.92. The van der Waals surface area contributed by atoms with Gasteiger partial charge in [0, 0.05) is 6.54 Å². The van der Waals surface area contributed by atoms with Gasteiger partial charge >= 0.3 is 6.03 Å². The van der Waals surface area contributed by atoms with Crippen LogP contribution in [0.4, 0.5) is 4.79 Å². The van der Waals surface area contributed by atoms with Crippen LogP contribution < -0.4 is 16.0 Å². The number of hydrogen-bond donors (Lipinski definition) is 3. The number of nitrogens with one attached hydrogen (secondary N) is 3. The van der Waals surface area contributed by atoms with Crippen molar-refractivity contribution in [2.45, 2.75) is 45.2 Å². The molecule has 8 heteroatoms. The minimum absolute atomic E-state index is 0.311. The van der Waals surface area contributed by atoms with Crippen molar-refractivity contribution in [1.82, 2.24) is 20.9 Å². The lowest BCUT2D eigenvalue weighted by atomic mass is 9.87. The van der Waals surface area contributed by atoms with Crippen LogP contribution in [0.2, 0.25) is 0 Å². The lowest BCUT2D eigenvalue weighted by Gasteiger charge is -2.25. The molecule has 1 aliphatic rings. The zero-order chi connectivity index (χ0) is 20.0. The van der Waals surface area contributed by atoms with Crippen molar-refractivity contribution in [1.29, 1.82) is 0 Å². The van der Waals surface area contributed by atoms with E-state index in [1.807, 2.05) is 13.0 Å². The highest BCUT2D eigenvalue weighted by atomic mass is 16.2. The zero-order valence-electron chi connectivity index (χ0n) is 15.9. The lowest BCUT2D eigenvalue weighted by molar-refractivity contribution is -0.136. The van der Waals surface area contributed by atoms with Crippen molar-refractivity contribution in [3.63, 3.8) is 0 Å². The van der Waals surface area contributed by atoms with Gasteiger partial charge in [-0.05, 0) is 25.3 Å². The third-order valence-corrected chi connectivity index (χ3v) is 4.59. The first-order valence-corrected chi connectivity index (χ1v) is 9.12. The van der Waals surface area contributed by atoms with Crippen molar-refractivity contribution < 1.29 is 19.2 Å². The van der Waals surface area contributed by atoms with E-state index in [1.54, 1.807) is 38.1 Å². The number of carbonyl (C=O) groups excluding carboxylic acids is 4. The van der Waals surface area contributed by atoms with Crippen LogP contribution in [0, 0.1) is 0 Å². The van der Waals surface area contributed by atoms with E-state index in [0.717, 1.165) is 11.3 Å². The summed E-state index contributed by atoms with van der Waals surface area (Å²) in [6.07, 6.45) is 1.14. The highest BCUT2D eigenvalue weighted by Crippen LogP contribution is 2.32. The number of carbonyl (C=O) groups is 4. The minimum Gasteiger partial charge on any atom is -0.354 e. The molecule has 1 aromatic rings. The summed E-state index contributed by atoms with van der Waals surface area (Å²) < 4.78 is 0. The molecule has 5 amide bonds. The molecule has 0 aromatic heterocycles. The second kappa shape index (κ2) is 8.66. The third-order valence-electron chi connectivity index (χ3n) is 4.59. The van der Waals surface area contributed by atoms with Gasteiger partial charge in [0.15, 0.2) is 0 Å². The van der Waals surface area contributed by atoms with Crippen molar-refractivity contribution in [3.05, 3.63) is 35.9 Å². The fraction of sp³-hybridized carbons (Fsp3) is 0.474. The standard InChI is InChI=1S/C19H26N4O4/c1-4-11-20-16(25)13(3)21-15(24)12-23-17(26)19(5-2,22-18(23)27)14-9-7-6-8-10-14/h6-10,13H,4-5,11-12H2,1-3H3,(H,20,25)(H,21,24)(H,22,27). The molecule has 1 heterocycles. The number of rotatable bonds is 8. The second-order valence-corrected chi connectivity index (χ2v) is 6.53. The molecule has 0 aliphatic carbocycles. The third kappa shape index (κ3) is 4.27. The minimum atomic E-state index is -1.18. The molecule has 0 saturated carbocycles. The van der Waals surface area contributed by atoms with Crippen LogP contribution in [-0.4, -0.2) is 47.8 Å². The van der Waals surface area contributed by atoms with Crippen LogP contribution in [0.5, 0.6) is 0 Å². The van der Waals surface area contributed by atoms with Crippen LogP contribution >= 0.6 is 0 Å². The first-order valence-electron chi connectivity index (χ1n) is 9.12. The molecule has 1 saturated heterocycles. The molecule has 2 rings (SSSR count). The average molecular weight is 374 g/mol. The monoisotopic (exact) mass is 374 g/mol. The van der Waals surface area contributed by atoms with Gasteiger partial charge in [-0.2, -0.15) is 0 Å². The quantitative estimate of drug-likeness (QED) is 0.587. The molecule has 8 nitrogen and oxygen atoms in total. The number of urea groups is 1. The number of hydrogen-bond acceptors (Lipinski definition) is 4. The Hall–Kier alpha value is -2.90. The van der Waals surface area contributed by atoms with Gasteiger partial charge in [0.2, 0.25) is 11.8 Å². The molecular formula is C19H26N4O4. The van der Waals surface area contributed by atoms with Gasteiger partial charge in [-0.3, -0.25) is 19.3 Å². The van der Waals surface area contributed by atoms with Crippen molar-refractivity contribution in [2.75, 3.05) is 13.1 Å². The van der Waals surface area contributed by atoms with Crippen LogP contribution in [-0.2, 0) is 19.9 Å². The summed E-state index contributed by atoms with van der Waals surface area (Å²) in [5.41, 5.74) is -0.510. The van der Waals surface area contributed by atoms with Gasteiger partial charge < -0.3 is 16.0 Å². The Morgan fingerprint density at radius 3 is 2.44 bits per heavy atom. The normalized spacial score (nSPS) is 20.2. The Balaban J connectivity index is 2.07. The van der Waals surface area contributed by atoms with E-state index >= 15 is 0 Å². The van der Waals surface area contributed by atoms with Crippen molar-refractivity contribution >= 4 is 23.8 Å². The van der Waals surface area contributed by atoms with E-state index in [-0.39, 0.29) is 5.91 Å². The maximum Gasteiger partial charge on any atom is 0.325 e. The van der Waals surface area contributed by atoms with Gasteiger partial charge in [-0.15, -0.1) is 0 Å². The topological polar surface area (TPSA) is 108 Å². The summed E-state index contributed by atoms with van der Waals surface area (Å²) in [5.74, 6) is -1.35. The van der Waals surface area contributed by atoms with Gasteiger partial charge in [0.25, 0.3) is 5.91 Å². The van der Waals surface area contributed by atoms with E-state index in [4.69, 9.17) is 0 Å². The van der Waals surface area contributed by atoms with Crippen LogP contribution in [0.15, 0.2) is 30.3 Å². The van der Waals surface area contributed by atoms with E-state index in [2.05, 4.69) is 16.0 Å². The Kier molecular flexibility index (Phi) is 6.55. The molecule has 146 valence electrons. The molecule has 2 unspecified atom stereocenters. The van der Waals surface area contributed by atoms with Crippen molar-refractivity contribution in [2.24, 2.45) is 0 Å². The van der Waals surface area contributed by atoms with Crippen LogP contribution in [0.3, 0.4) is 0 Å². The molecule has 1 aromatic carbocycles. The number of nitrogens with zero attached hydrogens (tertiary/aromatic N) is 1. The molecular weight excluding hydrogens is 348 g/mol. The summed E-state index contributed by atoms with van der Waals surface area (Å²) in [6.45, 7) is 5.35. The fourth-order valence-corrected chi connectivity index (χ4v) is 3.03. The SMILES string of the molecule is CCCNC(=O)C(C)NC(=O)CN1C(=O)NC(CC)(c2ccccc2)C1=O. The van der Waals surface area contributed by atoms with Gasteiger partial charge in [0.05, 0.1) is 0 Å². The van der Waals surface area contributed by atoms with Gasteiger partial charge in [0.1, 0.15) is 18.1 Å². The maximum atomic E-state index is 12.9. The smallest absolute Gasteiger partial charge is 0.325 e. The molecule has 0 spiro atoms. The molecule has 1 fully saturated rings. The van der Waals surface area contributed by atoms with Crippen molar-refractivity contribution in [3.8, 4) is 0 Å². The molecule has 1 aliphatic heterocycles. The maximum absolute atomic E-state index is 12.9. The predicted molar refractivity (Wildman–Crippen MR) is 99.6 cm³/mol. The Morgan fingerprint density at radius 2 is 1.85 bits per heavy atom. The van der Waals surface area contributed by atoms with E-state index in [9.17, 15) is 19.2 Å². The van der Waals surface area contributed by atoms with Crippen LogP contribution in [0.1, 0.15) is 39.2 Å². The summed E-state index contributed by atoms with van der Waals surface area (Å²) in [7, 11) is 0. The zero-order valence-corrected chi connectivity index (χ0v) is 15.9. The summed E-state index contributed by atoms with van der Waals surface area (Å²) >= 11 is 0. The number of imide groups is 1. The van der Waals surface area contributed by atoms with E-state index in [0.29, 0.717) is 18.5 Å². The molecule has 3 N–H and O–H groups in total. The average Bonchev–Trinajstić information content (AvgIpc) is 2.91. The number of benzene rings is 1. The molecule has 27 heavy (non-hydrogen) atoms. The fourth-order valence-electron chi connectivity index (χ4n) is 3.03. The predicted octanol–water partition coefficient (Wildman–Crippen LogP) is 0.875. The van der Waals surface area contributed by atoms with E-state index < -0.39 is 36.0 Å². The summed E-state index contributed by atoms with van der Waals surface area (Å²) in [6, 6.07) is 7.57. The lowest BCUT2D eigenvalue weighted by Crippen LogP contribution is -2.49. The molecule has 2 atom stereocenters. The summed E-state index contributed by atoms with van der Waals surface area (Å²) in [4.78, 5) is 50.3. The van der Waals surface area contributed by atoms with Gasteiger partial charge in [-0.25, -0.2) is 4.79 Å². The first kappa shape index (κ1) is 20.4.